The third-order valence-corrected chi connectivity index (χ3v) is 4.24. The molecule has 0 radical (unpaired) electrons. The molecule has 100 valence electrons. The van der Waals surface area contributed by atoms with Crippen molar-refractivity contribution in [3.05, 3.63) is 51.5 Å². The van der Waals surface area contributed by atoms with Crippen molar-refractivity contribution < 1.29 is 9.90 Å². The molecule has 0 aliphatic rings. The fourth-order valence-electron chi connectivity index (χ4n) is 2.16. The number of thiazole rings is 1. The van der Waals surface area contributed by atoms with Crippen LogP contribution in [0.2, 0.25) is 0 Å². The lowest BCUT2D eigenvalue weighted by molar-refractivity contribution is -0.138. The van der Waals surface area contributed by atoms with Gasteiger partial charge in [-0.25, -0.2) is 4.98 Å². The topological polar surface area (TPSA) is 50.2 Å². The monoisotopic (exact) mass is 275 g/mol. The lowest BCUT2D eigenvalue weighted by Gasteiger charge is -2.13. The number of hydrogen-bond donors (Lipinski definition) is 1. The van der Waals surface area contributed by atoms with Crippen LogP contribution in [0.3, 0.4) is 0 Å². The van der Waals surface area contributed by atoms with E-state index in [2.05, 4.69) is 4.98 Å². The van der Waals surface area contributed by atoms with Crippen LogP contribution in [-0.4, -0.2) is 16.1 Å². The van der Waals surface area contributed by atoms with Crippen molar-refractivity contribution in [2.24, 2.45) is 0 Å². The van der Waals surface area contributed by atoms with E-state index in [9.17, 15) is 9.90 Å². The second kappa shape index (κ2) is 5.97. The van der Waals surface area contributed by atoms with Gasteiger partial charge in [-0.05, 0) is 32.3 Å². The highest BCUT2D eigenvalue weighted by atomic mass is 32.1. The lowest BCUT2D eigenvalue weighted by Crippen LogP contribution is -2.12. The van der Waals surface area contributed by atoms with Crippen molar-refractivity contribution in [1.82, 2.24) is 4.98 Å². The maximum atomic E-state index is 11.4. The van der Waals surface area contributed by atoms with E-state index in [-0.39, 0.29) is 0 Å². The number of rotatable bonds is 5. The van der Waals surface area contributed by atoms with E-state index in [1.807, 2.05) is 43.6 Å². The molecule has 3 nitrogen and oxygen atoms in total. The average molecular weight is 275 g/mol. The SMILES string of the molecule is Cc1cccc(C(CCc2scnc2C)C(=O)O)c1. The smallest absolute Gasteiger partial charge is 0.310 e. The minimum atomic E-state index is -0.757. The van der Waals surface area contributed by atoms with Gasteiger partial charge in [0.15, 0.2) is 0 Å². The fourth-order valence-corrected chi connectivity index (χ4v) is 2.96. The Kier molecular flexibility index (Phi) is 4.32. The van der Waals surface area contributed by atoms with Crippen LogP contribution in [-0.2, 0) is 11.2 Å². The minimum absolute atomic E-state index is 0.443. The summed E-state index contributed by atoms with van der Waals surface area (Å²) < 4.78 is 0. The molecular formula is C15H17NO2S. The summed E-state index contributed by atoms with van der Waals surface area (Å²) in [7, 11) is 0. The standard InChI is InChI=1S/C15H17NO2S/c1-10-4-3-5-12(8-10)13(15(17)18)6-7-14-11(2)16-9-19-14/h3-5,8-9,13H,6-7H2,1-2H3,(H,17,18). The molecule has 0 bridgehead atoms. The van der Waals surface area contributed by atoms with Crippen molar-refractivity contribution in [3.63, 3.8) is 0 Å². The summed E-state index contributed by atoms with van der Waals surface area (Å²) in [5.41, 5.74) is 4.80. The van der Waals surface area contributed by atoms with Gasteiger partial charge in [0.1, 0.15) is 0 Å². The van der Waals surface area contributed by atoms with Crippen LogP contribution in [0.1, 0.15) is 34.0 Å². The molecule has 0 fully saturated rings. The largest absolute Gasteiger partial charge is 0.481 e. The number of aliphatic carboxylic acids is 1. The van der Waals surface area contributed by atoms with Crippen molar-refractivity contribution >= 4 is 17.3 Å². The van der Waals surface area contributed by atoms with E-state index in [0.29, 0.717) is 6.42 Å². The summed E-state index contributed by atoms with van der Waals surface area (Å²) in [6, 6.07) is 7.75. The molecule has 19 heavy (non-hydrogen) atoms. The third-order valence-electron chi connectivity index (χ3n) is 3.25. The zero-order valence-corrected chi connectivity index (χ0v) is 11.9. The average Bonchev–Trinajstić information content (AvgIpc) is 2.75. The summed E-state index contributed by atoms with van der Waals surface area (Å²) in [6.45, 7) is 3.95. The molecule has 0 spiro atoms. The van der Waals surface area contributed by atoms with Crippen molar-refractivity contribution in [3.8, 4) is 0 Å². The first-order valence-electron chi connectivity index (χ1n) is 6.26. The maximum absolute atomic E-state index is 11.4. The maximum Gasteiger partial charge on any atom is 0.310 e. The normalized spacial score (nSPS) is 12.3. The van der Waals surface area contributed by atoms with Gasteiger partial charge in [0.05, 0.1) is 17.1 Å². The van der Waals surface area contributed by atoms with E-state index >= 15 is 0 Å². The van der Waals surface area contributed by atoms with Gasteiger partial charge >= 0.3 is 5.97 Å². The molecule has 1 unspecified atom stereocenters. The Hall–Kier alpha value is -1.68. The number of carbonyl (C=O) groups is 1. The molecule has 1 aromatic carbocycles. The van der Waals surface area contributed by atoms with Gasteiger partial charge in [-0.3, -0.25) is 4.79 Å². The number of aromatic nitrogens is 1. The van der Waals surface area contributed by atoms with Crippen LogP contribution >= 0.6 is 11.3 Å². The Bertz CT molecular complexity index is 577. The Labute approximate surface area is 116 Å². The molecule has 2 rings (SSSR count). The van der Waals surface area contributed by atoms with Gasteiger partial charge < -0.3 is 5.11 Å². The lowest BCUT2D eigenvalue weighted by atomic mass is 9.93. The molecule has 0 aliphatic carbocycles. The Balaban J connectivity index is 2.13. The summed E-state index contributed by atoms with van der Waals surface area (Å²) >= 11 is 1.60. The van der Waals surface area contributed by atoms with E-state index in [0.717, 1.165) is 23.2 Å². The highest BCUT2D eigenvalue weighted by Gasteiger charge is 2.20. The quantitative estimate of drug-likeness (QED) is 0.907. The van der Waals surface area contributed by atoms with Gasteiger partial charge in [0.25, 0.3) is 0 Å². The summed E-state index contributed by atoms with van der Waals surface area (Å²) in [6.07, 6.45) is 1.38. The second-order valence-corrected chi connectivity index (χ2v) is 5.64. The molecule has 0 saturated heterocycles. The summed E-state index contributed by atoms with van der Waals surface area (Å²) in [5, 5.41) is 9.40. The van der Waals surface area contributed by atoms with Crippen LogP contribution in [0.25, 0.3) is 0 Å². The number of benzene rings is 1. The van der Waals surface area contributed by atoms with E-state index in [1.54, 1.807) is 11.3 Å². The van der Waals surface area contributed by atoms with E-state index in [4.69, 9.17) is 0 Å². The van der Waals surface area contributed by atoms with Crippen molar-refractivity contribution in [1.29, 1.82) is 0 Å². The molecular weight excluding hydrogens is 258 g/mol. The first-order chi connectivity index (χ1) is 9.08. The summed E-state index contributed by atoms with van der Waals surface area (Å²) in [5.74, 6) is -1.20. The van der Waals surface area contributed by atoms with Crippen LogP contribution in [0.4, 0.5) is 0 Å². The Morgan fingerprint density at radius 3 is 2.79 bits per heavy atom. The van der Waals surface area contributed by atoms with Gasteiger partial charge in [-0.2, -0.15) is 0 Å². The number of nitrogens with zero attached hydrogens (tertiary/aromatic N) is 1. The zero-order chi connectivity index (χ0) is 13.8. The molecule has 4 heteroatoms. The van der Waals surface area contributed by atoms with Crippen molar-refractivity contribution in [2.75, 3.05) is 0 Å². The second-order valence-electron chi connectivity index (χ2n) is 4.70. The predicted octanol–water partition coefficient (Wildman–Crippen LogP) is 3.56. The molecule has 0 aliphatic heterocycles. The van der Waals surface area contributed by atoms with Crippen LogP contribution < -0.4 is 0 Å². The van der Waals surface area contributed by atoms with Gasteiger partial charge in [0, 0.05) is 4.88 Å². The molecule has 2 aromatic rings. The van der Waals surface area contributed by atoms with Gasteiger partial charge in [-0.15, -0.1) is 11.3 Å². The summed E-state index contributed by atoms with van der Waals surface area (Å²) in [4.78, 5) is 16.8. The van der Waals surface area contributed by atoms with Crippen molar-refractivity contribution in [2.45, 2.75) is 32.6 Å². The number of carboxylic acids is 1. The first kappa shape index (κ1) is 13.7. The van der Waals surface area contributed by atoms with Gasteiger partial charge in [0.2, 0.25) is 0 Å². The molecule has 0 amide bonds. The van der Waals surface area contributed by atoms with Crippen LogP contribution in [0.5, 0.6) is 0 Å². The van der Waals surface area contributed by atoms with E-state index < -0.39 is 11.9 Å². The number of hydrogen-bond acceptors (Lipinski definition) is 3. The van der Waals surface area contributed by atoms with Crippen LogP contribution in [0, 0.1) is 13.8 Å². The highest BCUT2D eigenvalue weighted by molar-refractivity contribution is 7.09. The fraction of sp³-hybridized carbons (Fsp3) is 0.333. The molecule has 1 N–H and O–H groups in total. The third kappa shape index (κ3) is 3.41. The Morgan fingerprint density at radius 2 is 2.21 bits per heavy atom. The molecule has 1 aromatic heterocycles. The molecule has 0 saturated carbocycles. The number of carboxylic acid groups (broad SMARTS) is 1. The predicted molar refractivity (Wildman–Crippen MR) is 76.7 cm³/mol. The molecule has 1 heterocycles. The first-order valence-corrected chi connectivity index (χ1v) is 7.14. The minimum Gasteiger partial charge on any atom is -0.481 e. The highest BCUT2D eigenvalue weighted by Crippen LogP contribution is 2.25. The Morgan fingerprint density at radius 1 is 1.42 bits per heavy atom. The molecule has 1 atom stereocenters. The van der Waals surface area contributed by atoms with E-state index in [1.165, 1.54) is 4.88 Å². The zero-order valence-electron chi connectivity index (χ0n) is 11.1. The van der Waals surface area contributed by atoms with Crippen LogP contribution in [0.15, 0.2) is 29.8 Å². The van der Waals surface area contributed by atoms with Gasteiger partial charge in [-0.1, -0.05) is 29.8 Å². The number of aryl methyl sites for hydroxylation is 3.